The predicted molar refractivity (Wildman–Crippen MR) is 80.0 cm³/mol. The number of rotatable bonds is 6. The van der Waals surface area contributed by atoms with E-state index < -0.39 is 0 Å². The Bertz CT molecular complexity index is 434. The molecule has 1 unspecified atom stereocenters. The van der Waals surface area contributed by atoms with Crippen LogP contribution in [0.1, 0.15) is 70.0 Å². The standard InChI is InChI=1S/C16H27N3O2/c1-12(2)16-17-15(21-18-16)11-19(13-6-3-4-7-13)10-14-8-5-9-20-14/h12-14H,3-11H2,1-2H3. The first-order chi connectivity index (χ1) is 10.2. The molecule has 0 aromatic carbocycles. The van der Waals surface area contributed by atoms with Crippen LogP contribution in [0.2, 0.25) is 0 Å². The van der Waals surface area contributed by atoms with Gasteiger partial charge in [-0.2, -0.15) is 4.98 Å². The van der Waals surface area contributed by atoms with Crippen molar-refractivity contribution in [3.8, 4) is 0 Å². The Balaban J connectivity index is 1.64. The second-order valence-corrected chi connectivity index (χ2v) is 6.70. The summed E-state index contributed by atoms with van der Waals surface area (Å²) in [5.41, 5.74) is 0. The Morgan fingerprint density at radius 2 is 2.00 bits per heavy atom. The van der Waals surface area contributed by atoms with Gasteiger partial charge in [-0.3, -0.25) is 4.90 Å². The average molecular weight is 293 g/mol. The van der Waals surface area contributed by atoms with Gasteiger partial charge < -0.3 is 9.26 Å². The van der Waals surface area contributed by atoms with Gasteiger partial charge in [0, 0.05) is 25.1 Å². The van der Waals surface area contributed by atoms with Crippen molar-refractivity contribution >= 4 is 0 Å². The Hall–Kier alpha value is -0.940. The van der Waals surface area contributed by atoms with Crippen molar-refractivity contribution < 1.29 is 9.26 Å². The van der Waals surface area contributed by atoms with Crippen molar-refractivity contribution in [1.29, 1.82) is 0 Å². The molecule has 2 aliphatic rings. The first-order valence-corrected chi connectivity index (χ1v) is 8.40. The zero-order valence-corrected chi connectivity index (χ0v) is 13.3. The summed E-state index contributed by atoms with van der Waals surface area (Å²) < 4.78 is 11.3. The maximum Gasteiger partial charge on any atom is 0.240 e. The van der Waals surface area contributed by atoms with Crippen molar-refractivity contribution in [2.45, 2.75) is 77.0 Å². The molecule has 118 valence electrons. The molecule has 1 aromatic heterocycles. The molecule has 1 saturated heterocycles. The van der Waals surface area contributed by atoms with Crippen molar-refractivity contribution in [3.05, 3.63) is 11.7 Å². The second kappa shape index (κ2) is 6.88. The topological polar surface area (TPSA) is 51.4 Å². The van der Waals surface area contributed by atoms with Crippen LogP contribution >= 0.6 is 0 Å². The minimum absolute atomic E-state index is 0.320. The lowest BCUT2D eigenvalue weighted by Gasteiger charge is -2.29. The van der Waals surface area contributed by atoms with E-state index in [4.69, 9.17) is 9.26 Å². The van der Waals surface area contributed by atoms with E-state index in [9.17, 15) is 0 Å². The molecule has 1 saturated carbocycles. The Kier molecular flexibility index (Phi) is 4.91. The molecule has 1 aliphatic carbocycles. The number of hydrogen-bond acceptors (Lipinski definition) is 5. The molecule has 1 aromatic rings. The molecule has 1 atom stereocenters. The van der Waals surface area contributed by atoms with Crippen molar-refractivity contribution in [2.24, 2.45) is 0 Å². The lowest BCUT2D eigenvalue weighted by atomic mass is 10.1. The van der Waals surface area contributed by atoms with Crippen molar-refractivity contribution in [3.63, 3.8) is 0 Å². The van der Waals surface area contributed by atoms with Gasteiger partial charge in [0.15, 0.2) is 5.82 Å². The average Bonchev–Trinajstić information content (AvgIpc) is 3.21. The second-order valence-electron chi connectivity index (χ2n) is 6.70. The highest BCUT2D eigenvalue weighted by Crippen LogP contribution is 2.26. The number of hydrogen-bond donors (Lipinski definition) is 0. The minimum atomic E-state index is 0.320. The van der Waals surface area contributed by atoms with Crippen LogP contribution in [-0.2, 0) is 11.3 Å². The molecule has 5 heteroatoms. The highest BCUT2D eigenvalue weighted by Gasteiger charge is 2.28. The predicted octanol–water partition coefficient (Wildman–Crippen LogP) is 3.12. The van der Waals surface area contributed by atoms with Crippen molar-refractivity contribution in [1.82, 2.24) is 15.0 Å². The third kappa shape index (κ3) is 3.83. The van der Waals surface area contributed by atoms with E-state index in [0.717, 1.165) is 31.4 Å². The van der Waals surface area contributed by atoms with Gasteiger partial charge in [-0.1, -0.05) is 31.8 Å². The number of nitrogens with zero attached hydrogens (tertiary/aromatic N) is 3. The third-order valence-corrected chi connectivity index (χ3v) is 4.64. The summed E-state index contributed by atoms with van der Waals surface area (Å²) in [6.07, 6.45) is 8.03. The fourth-order valence-corrected chi connectivity index (χ4v) is 3.40. The smallest absolute Gasteiger partial charge is 0.240 e. The van der Waals surface area contributed by atoms with Gasteiger partial charge in [0.25, 0.3) is 0 Å². The Morgan fingerprint density at radius 3 is 2.62 bits per heavy atom. The van der Waals surface area contributed by atoms with Gasteiger partial charge in [0.2, 0.25) is 5.89 Å². The molecule has 5 nitrogen and oxygen atoms in total. The summed E-state index contributed by atoms with van der Waals surface area (Å²) in [7, 11) is 0. The van der Waals surface area contributed by atoms with Crippen LogP contribution in [0.3, 0.4) is 0 Å². The Labute approximate surface area is 127 Å². The van der Waals surface area contributed by atoms with E-state index >= 15 is 0 Å². The van der Waals surface area contributed by atoms with Crippen LogP contribution in [0.4, 0.5) is 0 Å². The largest absolute Gasteiger partial charge is 0.377 e. The molecule has 3 rings (SSSR count). The highest BCUT2D eigenvalue weighted by molar-refractivity contribution is 4.93. The molecule has 0 N–H and O–H groups in total. The lowest BCUT2D eigenvalue weighted by molar-refractivity contribution is 0.0495. The maximum absolute atomic E-state index is 5.82. The van der Waals surface area contributed by atoms with E-state index in [2.05, 4.69) is 28.9 Å². The lowest BCUT2D eigenvalue weighted by Crippen LogP contribution is -2.38. The van der Waals surface area contributed by atoms with Crippen LogP contribution in [0.5, 0.6) is 0 Å². The van der Waals surface area contributed by atoms with Crippen LogP contribution in [0.25, 0.3) is 0 Å². The SMILES string of the molecule is CC(C)c1noc(CN(CC2CCCO2)C2CCCC2)n1. The highest BCUT2D eigenvalue weighted by atomic mass is 16.5. The number of aromatic nitrogens is 2. The molecule has 0 bridgehead atoms. The van der Waals surface area contributed by atoms with Gasteiger partial charge in [0.05, 0.1) is 12.6 Å². The maximum atomic E-state index is 5.82. The quantitative estimate of drug-likeness (QED) is 0.806. The van der Waals surface area contributed by atoms with Gasteiger partial charge >= 0.3 is 0 Å². The molecule has 0 radical (unpaired) electrons. The summed E-state index contributed by atoms with van der Waals surface area (Å²) in [5, 5.41) is 4.08. The molecule has 1 aliphatic heterocycles. The summed E-state index contributed by atoms with van der Waals surface area (Å²) in [6.45, 7) is 6.88. The molecule has 0 amide bonds. The van der Waals surface area contributed by atoms with E-state index in [0.29, 0.717) is 18.1 Å². The minimum Gasteiger partial charge on any atom is -0.377 e. The van der Waals surface area contributed by atoms with E-state index in [1.54, 1.807) is 0 Å². The summed E-state index contributed by atoms with van der Waals surface area (Å²) in [6, 6.07) is 0.656. The molecule has 0 spiro atoms. The van der Waals surface area contributed by atoms with Gasteiger partial charge in [-0.05, 0) is 25.7 Å². The zero-order valence-electron chi connectivity index (χ0n) is 13.3. The van der Waals surface area contributed by atoms with E-state index in [1.807, 2.05) is 0 Å². The van der Waals surface area contributed by atoms with Gasteiger partial charge in [0.1, 0.15) is 0 Å². The first kappa shape index (κ1) is 15.0. The monoisotopic (exact) mass is 293 g/mol. The van der Waals surface area contributed by atoms with Gasteiger partial charge in [-0.15, -0.1) is 0 Å². The summed E-state index contributed by atoms with van der Waals surface area (Å²) in [4.78, 5) is 7.05. The Morgan fingerprint density at radius 1 is 1.19 bits per heavy atom. The zero-order chi connectivity index (χ0) is 14.7. The summed E-state index contributed by atoms with van der Waals surface area (Å²) >= 11 is 0. The normalized spacial score (nSPS) is 23.7. The molecule has 2 fully saturated rings. The van der Waals surface area contributed by atoms with E-state index in [1.165, 1.54) is 38.5 Å². The molecule has 21 heavy (non-hydrogen) atoms. The van der Waals surface area contributed by atoms with Crippen LogP contribution in [0, 0.1) is 0 Å². The van der Waals surface area contributed by atoms with Gasteiger partial charge in [-0.25, -0.2) is 0 Å². The van der Waals surface area contributed by atoms with Crippen LogP contribution in [-0.4, -0.2) is 40.3 Å². The molecule has 2 heterocycles. The van der Waals surface area contributed by atoms with E-state index in [-0.39, 0.29) is 0 Å². The number of ether oxygens (including phenoxy) is 1. The van der Waals surface area contributed by atoms with Crippen LogP contribution < -0.4 is 0 Å². The van der Waals surface area contributed by atoms with Crippen molar-refractivity contribution in [2.75, 3.05) is 13.2 Å². The first-order valence-electron chi connectivity index (χ1n) is 8.40. The van der Waals surface area contributed by atoms with Crippen LogP contribution in [0.15, 0.2) is 4.52 Å². The molecular weight excluding hydrogens is 266 g/mol. The summed E-state index contributed by atoms with van der Waals surface area (Å²) in [5.74, 6) is 1.89. The fraction of sp³-hybridized carbons (Fsp3) is 0.875. The molecular formula is C16H27N3O2. The third-order valence-electron chi connectivity index (χ3n) is 4.64. The fourth-order valence-electron chi connectivity index (χ4n) is 3.40.